The smallest absolute Gasteiger partial charge is 0.308 e. The highest BCUT2D eigenvalue weighted by Crippen LogP contribution is 2.66. The number of nitrogens with zero attached hydrogens (tertiary/aromatic N) is 3. The first-order valence-electron chi connectivity index (χ1n) is 7.92. The predicted molar refractivity (Wildman–Crippen MR) is 75.9 cm³/mol. The molecule has 0 aliphatic heterocycles. The number of hydrogen-bond donors (Lipinski definition) is 1. The topological polar surface area (TPSA) is 77.2 Å². The van der Waals surface area contributed by atoms with Crippen molar-refractivity contribution in [3.05, 3.63) is 11.9 Å². The number of aliphatic hydroxyl groups excluding tert-OH is 1. The quantitative estimate of drug-likeness (QED) is 0.807. The van der Waals surface area contributed by atoms with Gasteiger partial charge in [0.05, 0.1) is 31.4 Å². The van der Waals surface area contributed by atoms with Gasteiger partial charge in [0.15, 0.2) is 0 Å². The van der Waals surface area contributed by atoms with E-state index in [1.54, 1.807) is 13.1 Å². The number of aromatic nitrogens is 3. The number of ether oxygens (including phenoxy) is 1. The number of esters is 1. The second-order valence-corrected chi connectivity index (χ2v) is 6.84. The fraction of sp³-hybridized carbons (Fsp3) is 0.800. The monoisotopic (exact) mass is 329 g/mol. The first-order chi connectivity index (χ1) is 10.8. The van der Waals surface area contributed by atoms with Crippen molar-refractivity contribution in [2.24, 2.45) is 5.41 Å². The minimum absolute atomic E-state index is 0.0110. The van der Waals surface area contributed by atoms with Gasteiger partial charge in [-0.3, -0.25) is 4.79 Å². The van der Waals surface area contributed by atoms with Gasteiger partial charge in [-0.2, -0.15) is 0 Å². The number of hydrogen-bond acceptors (Lipinski definition) is 5. The molecule has 8 heteroatoms. The van der Waals surface area contributed by atoms with E-state index in [0.29, 0.717) is 0 Å². The summed E-state index contributed by atoms with van der Waals surface area (Å²) in [5.41, 5.74) is 0.579. The summed E-state index contributed by atoms with van der Waals surface area (Å²) in [4.78, 5) is 11.3. The fourth-order valence-electron chi connectivity index (χ4n) is 3.81. The van der Waals surface area contributed by atoms with Crippen molar-refractivity contribution in [3.63, 3.8) is 0 Å². The number of carbonyl (C=O) groups is 1. The summed E-state index contributed by atoms with van der Waals surface area (Å²) >= 11 is 0. The molecule has 6 nitrogen and oxygen atoms in total. The second-order valence-electron chi connectivity index (χ2n) is 6.84. The fourth-order valence-corrected chi connectivity index (χ4v) is 3.81. The lowest BCUT2D eigenvalue weighted by molar-refractivity contribution is -0.196. The summed E-state index contributed by atoms with van der Waals surface area (Å²) in [5.74, 6) is -2.77. The highest BCUT2D eigenvalue weighted by Gasteiger charge is 2.62. The molecule has 1 atom stereocenters. The Morgan fingerprint density at radius 3 is 2.83 bits per heavy atom. The van der Waals surface area contributed by atoms with Crippen molar-refractivity contribution in [3.8, 4) is 0 Å². The Morgan fingerprint density at radius 2 is 2.22 bits per heavy atom. The van der Waals surface area contributed by atoms with Crippen molar-refractivity contribution in [2.75, 3.05) is 6.61 Å². The minimum atomic E-state index is -2.49. The van der Waals surface area contributed by atoms with Gasteiger partial charge in [0.25, 0.3) is 0 Å². The van der Waals surface area contributed by atoms with Crippen LogP contribution in [0.5, 0.6) is 0 Å². The molecule has 1 aromatic rings. The molecule has 1 N–H and O–H groups in total. The zero-order valence-electron chi connectivity index (χ0n) is 13.0. The van der Waals surface area contributed by atoms with Crippen molar-refractivity contribution < 1.29 is 23.4 Å². The van der Waals surface area contributed by atoms with Crippen LogP contribution in [0.4, 0.5) is 8.78 Å². The number of carbonyl (C=O) groups excluding carboxylic acids is 1. The van der Waals surface area contributed by atoms with E-state index in [0.717, 1.165) is 18.5 Å². The lowest BCUT2D eigenvalue weighted by Crippen LogP contribution is -2.52. The molecule has 23 heavy (non-hydrogen) atoms. The minimum Gasteiger partial charge on any atom is -0.466 e. The third kappa shape index (κ3) is 3.52. The van der Waals surface area contributed by atoms with Gasteiger partial charge in [-0.05, 0) is 25.2 Å². The van der Waals surface area contributed by atoms with Crippen molar-refractivity contribution in [2.45, 2.75) is 63.5 Å². The zero-order chi connectivity index (χ0) is 16.7. The Morgan fingerprint density at radius 1 is 1.52 bits per heavy atom. The summed E-state index contributed by atoms with van der Waals surface area (Å²) in [7, 11) is 0. The molecule has 1 heterocycles. The van der Waals surface area contributed by atoms with E-state index in [-0.39, 0.29) is 43.7 Å². The van der Waals surface area contributed by atoms with Crippen molar-refractivity contribution in [1.29, 1.82) is 0 Å². The maximum absolute atomic E-state index is 13.0. The Balaban J connectivity index is 1.47. The Bertz CT molecular complexity index is 574. The van der Waals surface area contributed by atoms with Gasteiger partial charge in [0, 0.05) is 25.0 Å². The Labute approximate surface area is 132 Å². The summed E-state index contributed by atoms with van der Waals surface area (Å²) in [6.45, 7) is 2.14. The summed E-state index contributed by atoms with van der Waals surface area (Å²) in [5, 5.41) is 17.8. The van der Waals surface area contributed by atoms with Gasteiger partial charge in [0.2, 0.25) is 5.92 Å². The van der Waals surface area contributed by atoms with Crippen LogP contribution in [0.3, 0.4) is 0 Å². The van der Waals surface area contributed by atoms with Crippen LogP contribution in [-0.2, 0) is 16.1 Å². The van der Waals surface area contributed by atoms with E-state index < -0.39 is 18.0 Å². The van der Waals surface area contributed by atoms with E-state index in [1.165, 1.54) is 4.68 Å². The molecule has 128 valence electrons. The molecular weight excluding hydrogens is 308 g/mol. The molecule has 0 radical (unpaired) electrons. The second kappa shape index (κ2) is 5.81. The molecule has 0 amide bonds. The average molecular weight is 329 g/mol. The molecule has 1 spiro atoms. The molecule has 0 bridgehead atoms. The summed E-state index contributed by atoms with van der Waals surface area (Å²) < 4.78 is 32.2. The third-order valence-electron chi connectivity index (χ3n) is 4.71. The largest absolute Gasteiger partial charge is 0.466 e. The van der Waals surface area contributed by atoms with E-state index >= 15 is 0 Å². The molecule has 2 fully saturated rings. The van der Waals surface area contributed by atoms with Crippen LogP contribution in [0.1, 0.15) is 50.6 Å². The SMILES string of the molecule is CCOC(=O)C[C@@H](O)Cn1cc(C2CC3(C2)CC(F)(F)C3)nn1. The van der Waals surface area contributed by atoms with E-state index in [1.807, 2.05) is 0 Å². The molecule has 0 saturated heterocycles. The molecule has 3 rings (SSSR count). The number of rotatable bonds is 6. The molecule has 1 aromatic heterocycles. The van der Waals surface area contributed by atoms with Gasteiger partial charge in [-0.25, -0.2) is 13.5 Å². The van der Waals surface area contributed by atoms with Crippen LogP contribution in [-0.4, -0.2) is 44.7 Å². The summed E-state index contributed by atoms with van der Waals surface area (Å²) in [6.07, 6.45) is 2.18. The maximum Gasteiger partial charge on any atom is 0.308 e. The standard InChI is InChI=1S/C15H21F2N3O3/c1-2-23-13(22)3-11(21)6-20-7-12(18-19-20)10-4-14(5-10)8-15(16,17)9-14/h7,10-11,21H,2-6,8-9H2,1H3/t11-/m1/s1. The highest BCUT2D eigenvalue weighted by molar-refractivity contribution is 5.69. The molecule has 2 aliphatic rings. The van der Waals surface area contributed by atoms with Crippen LogP contribution in [0.25, 0.3) is 0 Å². The number of aliphatic hydroxyl groups is 1. The summed E-state index contributed by atoms with van der Waals surface area (Å²) in [6, 6.07) is 0. The van der Waals surface area contributed by atoms with Crippen molar-refractivity contribution in [1.82, 2.24) is 15.0 Å². The number of halogens is 2. The van der Waals surface area contributed by atoms with Crippen LogP contribution in [0.15, 0.2) is 6.20 Å². The van der Waals surface area contributed by atoms with Gasteiger partial charge >= 0.3 is 5.97 Å². The van der Waals surface area contributed by atoms with Crippen LogP contribution < -0.4 is 0 Å². The molecular formula is C15H21F2N3O3. The average Bonchev–Trinajstić information content (AvgIpc) is 2.80. The third-order valence-corrected chi connectivity index (χ3v) is 4.71. The van der Waals surface area contributed by atoms with Gasteiger partial charge < -0.3 is 9.84 Å². The first-order valence-corrected chi connectivity index (χ1v) is 7.92. The van der Waals surface area contributed by atoms with E-state index in [9.17, 15) is 18.7 Å². The molecule has 0 unspecified atom stereocenters. The Hall–Kier alpha value is -1.57. The van der Waals surface area contributed by atoms with E-state index in [2.05, 4.69) is 10.3 Å². The zero-order valence-corrected chi connectivity index (χ0v) is 13.0. The van der Waals surface area contributed by atoms with Crippen LogP contribution in [0, 0.1) is 5.41 Å². The predicted octanol–water partition coefficient (Wildman–Crippen LogP) is 1.89. The normalized spacial score (nSPS) is 23.1. The highest BCUT2D eigenvalue weighted by atomic mass is 19.3. The van der Waals surface area contributed by atoms with Gasteiger partial charge in [-0.15, -0.1) is 5.10 Å². The van der Waals surface area contributed by atoms with Gasteiger partial charge in [-0.1, -0.05) is 5.21 Å². The number of alkyl halides is 2. The molecule has 2 saturated carbocycles. The molecule has 2 aliphatic carbocycles. The van der Waals surface area contributed by atoms with Crippen LogP contribution in [0.2, 0.25) is 0 Å². The van der Waals surface area contributed by atoms with E-state index in [4.69, 9.17) is 4.74 Å². The van der Waals surface area contributed by atoms with Gasteiger partial charge in [0.1, 0.15) is 0 Å². The lowest BCUT2D eigenvalue weighted by atomic mass is 9.50. The maximum atomic E-state index is 13.0. The Kier molecular flexibility index (Phi) is 4.12. The molecule has 0 aromatic carbocycles. The lowest BCUT2D eigenvalue weighted by Gasteiger charge is -2.56. The van der Waals surface area contributed by atoms with Crippen LogP contribution >= 0.6 is 0 Å². The van der Waals surface area contributed by atoms with Crippen molar-refractivity contribution >= 4 is 5.97 Å². The first kappa shape index (κ1) is 16.3.